The highest BCUT2D eigenvalue weighted by Gasteiger charge is 2.15. The molecule has 3 nitrogen and oxygen atoms in total. The number of benzene rings is 1. The highest BCUT2D eigenvalue weighted by Crippen LogP contribution is 2.25. The molecule has 0 saturated carbocycles. The Morgan fingerprint density at radius 1 is 1.56 bits per heavy atom. The van der Waals surface area contributed by atoms with Crippen molar-refractivity contribution in [1.82, 2.24) is 0 Å². The van der Waals surface area contributed by atoms with E-state index in [0.29, 0.717) is 10.9 Å². The molecule has 1 fully saturated rings. The summed E-state index contributed by atoms with van der Waals surface area (Å²) in [4.78, 5) is 0.407. The van der Waals surface area contributed by atoms with Gasteiger partial charge in [0.2, 0.25) is 0 Å². The second-order valence-corrected chi connectivity index (χ2v) is 5.78. The fourth-order valence-electron chi connectivity index (χ4n) is 2.14. The molecular weight excluding hydrogens is 312 g/mol. The molecule has 1 saturated heterocycles. The molecule has 0 radical (unpaired) electrons. The number of nitrogens with one attached hydrogen (secondary N) is 1. The first-order valence-electron chi connectivity index (χ1n) is 6.08. The van der Waals surface area contributed by atoms with Gasteiger partial charge in [0.15, 0.2) is 0 Å². The summed E-state index contributed by atoms with van der Waals surface area (Å²) in [5.41, 5.74) is 7.63. The van der Waals surface area contributed by atoms with Crippen LogP contribution >= 0.6 is 28.1 Å². The summed E-state index contributed by atoms with van der Waals surface area (Å²) in [6.45, 7) is 2.63. The molecule has 18 heavy (non-hydrogen) atoms. The Morgan fingerprint density at radius 2 is 2.39 bits per heavy atom. The zero-order valence-corrected chi connectivity index (χ0v) is 12.5. The van der Waals surface area contributed by atoms with Crippen LogP contribution in [0.3, 0.4) is 0 Å². The zero-order valence-electron chi connectivity index (χ0n) is 10.1. The molecule has 1 aliphatic rings. The van der Waals surface area contributed by atoms with Crippen LogP contribution in [0.25, 0.3) is 0 Å². The van der Waals surface area contributed by atoms with Gasteiger partial charge in [0, 0.05) is 28.9 Å². The van der Waals surface area contributed by atoms with Gasteiger partial charge in [-0.2, -0.15) is 0 Å². The molecule has 3 N–H and O–H groups in total. The number of hydrogen-bond acceptors (Lipinski definition) is 3. The lowest BCUT2D eigenvalue weighted by molar-refractivity contribution is 0.0595. The molecule has 0 aromatic heterocycles. The Bertz CT molecular complexity index is 433. The first-order valence-corrected chi connectivity index (χ1v) is 7.28. The second-order valence-electron chi connectivity index (χ2n) is 4.49. The summed E-state index contributed by atoms with van der Waals surface area (Å²) in [5.74, 6) is 0.567. The van der Waals surface area contributed by atoms with Crippen molar-refractivity contribution in [3.63, 3.8) is 0 Å². The van der Waals surface area contributed by atoms with Gasteiger partial charge in [-0.05, 0) is 46.8 Å². The minimum absolute atomic E-state index is 0.407. The molecule has 1 unspecified atom stereocenters. The normalized spacial score (nSPS) is 19.5. The van der Waals surface area contributed by atoms with Crippen LogP contribution in [0.15, 0.2) is 22.7 Å². The first kappa shape index (κ1) is 13.8. The lowest BCUT2D eigenvalue weighted by Crippen LogP contribution is -2.25. The van der Waals surface area contributed by atoms with Crippen molar-refractivity contribution in [2.45, 2.75) is 12.8 Å². The predicted molar refractivity (Wildman–Crippen MR) is 82.1 cm³/mol. The molecule has 1 aromatic carbocycles. The Balaban J connectivity index is 2.04. The van der Waals surface area contributed by atoms with E-state index < -0.39 is 0 Å². The zero-order chi connectivity index (χ0) is 13.0. The highest BCUT2D eigenvalue weighted by atomic mass is 79.9. The largest absolute Gasteiger partial charge is 0.389 e. The lowest BCUT2D eigenvalue weighted by Gasteiger charge is -2.23. The third kappa shape index (κ3) is 3.43. The van der Waals surface area contributed by atoms with Crippen molar-refractivity contribution in [2.75, 3.05) is 25.1 Å². The van der Waals surface area contributed by atoms with Crippen molar-refractivity contribution in [2.24, 2.45) is 11.7 Å². The summed E-state index contributed by atoms with van der Waals surface area (Å²) in [6, 6.07) is 5.93. The standard InChI is InChI=1S/C13H17BrN2OS/c14-10-4-1-5-11(12(10)13(15)18)16-7-9-3-2-6-17-8-9/h1,4-5,9,16H,2-3,6-8H2,(H2,15,18). The topological polar surface area (TPSA) is 47.3 Å². The van der Waals surface area contributed by atoms with Crippen LogP contribution in [-0.2, 0) is 4.74 Å². The van der Waals surface area contributed by atoms with Crippen LogP contribution in [0.2, 0.25) is 0 Å². The molecule has 0 amide bonds. The smallest absolute Gasteiger partial charge is 0.107 e. The number of ether oxygens (including phenoxy) is 1. The number of anilines is 1. The highest BCUT2D eigenvalue weighted by molar-refractivity contribution is 9.10. The maximum Gasteiger partial charge on any atom is 0.107 e. The van der Waals surface area contributed by atoms with E-state index in [-0.39, 0.29) is 0 Å². The van der Waals surface area contributed by atoms with E-state index in [1.54, 1.807) is 0 Å². The van der Waals surface area contributed by atoms with Crippen LogP contribution in [0.4, 0.5) is 5.69 Å². The lowest BCUT2D eigenvalue weighted by atomic mass is 10.0. The molecule has 1 aliphatic heterocycles. The Labute approximate surface area is 121 Å². The summed E-state index contributed by atoms with van der Waals surface area (Å²) < 4.78 is 6.40. The molecule has 98 valence electrons. The first-order chi connectivity index (χ1) is 8.68. The molecular formula is C13H17BrN2OS. The van der Waals surface area contributed by atoms with Crippen molar-refractivity contribution in [3.05, 3.63) is 28.2 Å². The van der Waals surface area contributed by atoms with E-state index in [2.05, 4.69) is 21.2 Å². The number of nitrogens with two attached hydrogens (primary N) is 1. The average molecular weight is 329 g/mol. The monoisotopic (exact) mass is 328 g/mol. The number of rotatable bonds is 4. The molecule has 5 heteroatoms. The van der Waals surface area contributed by atoms with Crippen molar-refractivity contribution in [3.8, 4) is 0 Å². The number of thiocarbonyl (C=S) groups is 1. The number of hydrogen-bond donors (Lipinski definition) is 2. The molecule has 1 heterocycles. The van der Waals surface area contributed by atoms with E-state index in [1.807, 2.05) is 18.2 Å². The SMILES string of the molecule is NC(=S)c1c(Br)cccc1NCC1CCCOC1. The van der Waals surface area contributed by atoms with Gasteiger partial charge in [-0.1, -0.05) is 18.3 Å². The average Bonchev–Trinajstić information content (AvgIpc) is 2.37. The van der Waals surface area contributed by atoms with Crippen LogP contribution < -0.4 is 11.1 Å². The Hall–Kier alpha value is -0.650. The van der Waals surface area contributed by atoms with Gasteiger partial charge in [0.25, 0.3) is 0 Å². The molecule has 0 bridgehead atoms. The van der Waals surface area contributed by atoms with Crippen LogP contribution in [0, 0.1) is 5.92 Å². The molecule has 0 spiro atoms. The summed E-state index contributed by atoms with van der Waals surface area (Å²) in [6.07, 6.45) is 2.36. The maximum atomic E-state index is 5.76. The van der Waals surface area contributed by atoms with Gasteiger partial charge in [-0.3, -0.25) is 0 Å². The minimum atomic E-state index is 0.407. The predicted octanol–water partition coefficient (Wildman–Crippen LogP) is 2.92. The maximum absolute atomic E-state index is 5.76. The Kier molecular flexibility index (Phi) is 4.97. The Morgan fingerprint density at radius 3 is 3.06 bits per heavy atom. The fourth-order valence-corrected chi connectivity index (χ4v) is 3.08. The van der Waals surface area contributed by atoms with E-state index in [4.69, 9.17) is 22.7 Å². The van der Waals surface area contributed by atoms with Crippen LogP contribution in [0.5, 0.6) is 0 Å². The van der Waals surface area contributed by atoms with E-state index >= 15 is 0 Å². The van der Waals surface area contributed by atoms with E-state index in [9.17, 15) is 0 Å². The van der Waals surface area contributed by atoms with Crippen molar-refractivity contribution >= 4 is 38.8 Å². The summed E-state index contributed by atoms with van der Waals surface area (Å²) >= 11 is 8.57. The van der Waals surface area contributed by atoms with E-state index in [1.165, 1.54) is 6.42 Å². The second kappa shape index (κ2) is 6.50. The third-order valence-corrected chi connectivity index (χ3v) is 3.96. The summed E-state index contributed by atoms with van der Waals surface area (Å²) in [7, 11) is 0. The molecule has 1 atom stereocenters. The van der Waals surface area contributed by atoms with Crippen molar-refractivity contribution < 1.29 is 4.74 Å². The van der Waals surface area contributed by atoms with Gasteiger partial charge in [-0.15, -0.1) is 0 Å². The molecule has 2 rings (SSSR count). The van der Waals surface area contributed by atoms with Gasteiger partial charge >= 0.3 is 0 Å². The van der Waals surface area contributed by atoms with Gasteiger partial charge in [-0.25, -0.2) is 0 Å². The quantitative estimate of drug-likeness (QED) is 0.834. The van der Waals surface area contributed by atoms with Crippen molar-refractivity contribution in [1.29, 1.82) is 0 Å². The molecule has 1 aromatic rings. The van der Waals surface area contributed by atoms with Gasteiger partial charge in [0.1, 0.15) is 4.99 Å². The minimum Gasteiger partial charge on any atom is -0.389 e. The summed E-state index contributed by atoms with van der Waals surface area (Å²) in [5, 5.41) is 3.43. The van der Waals surface area contributed by atoms with E-state index in [0.717, 1.165) is 41.9 Å². The third-order valence-electron chi connectivity index (χ3n) is 3.10. The fraction of sp³-hybridized carbons (Fsp3) is 0.462. The van der Waals surface area contributed by atoms with Gasteiger partial charge in [0.05, 0.1) is 6.61 Å². The van der Waals surface area contributed by atoms with Crippen LogP contribution in [0.1, 0.15) is 18.4 Å². The van der Waals surface area contributed by atoms with Gasteiger partial charge < -0.3 is 15.8 Å². The number of halogens is 1. The molecule has 0 aliphatic carbocycles. The van der Waals surface area contributed by atoms with Crippen LogP contribution in [-0.4, -0.2) is 24.7 Å².